The number of hydrogen-bond acceptors (Lipinski definition) is 6. The Morgan fingerprint density at radius 3 is 2.74 bits per heavy atom. The Balaban J connectivity index is 1.94. The van der Waals surface area contributed by atoms with Crippen LogP contribution >= 0.6 is 11.6 Å². The van der Waals surface area contributed by atoms with E-state index < -0.39 is 0 Å². The number of aromatic nitrogens is 4. The van der Waals surface area contributed by atoms with Crippen LogP contribution in [0, 0.1) is 0 Å². The predicted octanol–water partition coefficient (Wildman–Crippen LogP) is 2.55. The van der Waals surface area contributed by atoms with Gasteiger partial charge >= 0.3 is 0 Å². The van der Waals surface area contributed by atoms with Gasteiger partial charge in [-0.25, -0.2) is 0 Å². The van der Waals surface area contributed by atoms with Crippen molar-refractivity contribution in [3.8, 4) is 0 Å². The van der Waals surface area contributed by atoms with Crippen molar-refractivity contribution in [2.75, 3.05) is 23.8 Å². The van der Waals surface area contributed by atoms with Gasteiger partial charge in [0.2, 0.25) is 5.95 Å². The smallest absolute Gasteiger partial charge is 0.226 e. The highest BCUT2D eigenvalue weighted by molar-refractivity contribution is 6.30. The van der Waals surface area contributed by atoms with E-state index in [1.54, 1.807) is 10.9 Å². The van der Waals surface area contributed by atoms with Gasteiger partial charge in [0.05, 0.1) is 11.6 Å². The lowest BCUT2D eigenvalue weighted by atomic mass is 10.3. The fraction of sp³-hybridized carbons (Fsp3) is 0.267. The minimum atomic E-state index is 0.122. The molecular formula is C15H17ClN6O. The van der Waals surface area contributed by atoms with Gasteiger partial charge in [-0.05, 0) is 30.7 Å². The number of hydrogen-bond donors (Lipinski definition) is 3. The summed E-state index contributed by atoms with van der Waals surface area (Å²) < 4.78 is 1.70. The molecule has 0 saturated heterocycles. The number of anilines is 3. The molecule has 3 rings (SSSR count). The molecule has 0 radical (unpaired) electrons. The summed E-state index contributed by atoms with van der Waals surface area (Å²) in [7, 11) is 1.83. The maximum atomic E-state index is 8.88. The molecule has 2 aromatic heterocycles. The first-order chi connectivity index (χ1) is 11.2. The molecule has 23 heavy (non-hydrogen) atoms. The number of nitrogens with zero attached hydrogens (tertiary/aromatic N) is 4. The Hall–Kier alpha value is -2.38. The number of rotatable bonds is 6. The second kappa shape index (κ2) is 6.80. The topological polar surface area (TPSA) is 87.9 Å². The van der Waals surface area contributed by atoms with Crippen LogP contribution in [0.1, 0.15) is 6.42 Å². The molecule has 1 aromatic carbocycles. The Bertz CT molecular complexity index is 802. The van der Waals surface area contributed by atoms with Crippen molar-refractivity contribution < 1.29 is 5.11 Å². The predicted molar refractivity (Wildman–Crippen MR) is 91.2 cm³/mol. The van der Waals surface area contributed by atoms with Gasteiger partial charge in [-0.2, -0.15) is 15.1 Å². The van der Waals surface area contributed by atoms with Crippen molar-refractivity contribution in [2.45, 2.75) is 6.42 Å². The molecule has 7 nitrogen and oxygen atoms in total. The Morgan fingerprint density at radius 1 is 1.22 bits per heavy atom. The summed E-state index contributed by atoms with van der Waals surface area (Å²) in [5.74, 6) is 1.16. The summed E-state index contributed by atoms with van der Waals surface area (Å²) in [4.78, 5) is 8.96. The molecule has 8 heteroatoms. The van der Waals surface area contributed by atoms with Crippen molar-refractivity contribution >= 4 is 40.1 Å². The number of benzene rings is 1. The van der Waals surface area contributed by atoms with E-state index in [4.69, 9.17) is 16.7 Å². The second-order valence-electron chi connectivity index (χ2n) is 5.04. The molecule has 2 heterocycles. The van der Waals surface area contributed by atoms with Crippen LogP contribution in [0.25, 0.3) is 11.0 Å². The van der Waals surface area contributed by atoms with Gasteiger partial charge in [0, 0.05) is 30.9 Å². The molecular weight excluding hydrogens is 316 g/mol. The van der Waals surface area contributed by atoms with Crippen molar-refractivity contribution in [1.82, 2.24) is 19.7 Å². The Kier molecular flexibility index (Phi) is 4.59. The van der Waals surface area contributed by atoms with Crippen LogP contribution < -0.4 is 10.6 Å². The summed E-state index contributed by atoms with van der Waals surface area (Å²) in [6.07, 6.45) is 2.36. The summed E-state index contributed by atoms with van der Waals surface area (Å²) >= 11 is 5.91. The molecule has 0 aliphatic heterocycles. The van der Waals surface area contributed by atoms with Gasteiger partial charge in [-0.1, -0.05) is 11.6 Å². The number of fused-ring (bicyclic) bond motifs is 1. The van der Waals surface area contributed by atoms with Crippen LogP contribution in [0.5, 0.6) is 0 Å². The molecule has 0 fully saturated rings. The average molecular weight is 333 g/mol. The Morgan fingerprint density at radius 2 is 2.00 bits per heavy atom. The lowest BCUT2D eigenvalue weighted by molar-refractivity contribution is 0.292. The molecule has 0 spiro atoms. The van der Waals surface area contributed by atoms with E-state index in [0.717, 1.165) is 16.7 Å². The van der Waals surface area contributed by atoms with Gasteiger partial charge in [0.15, 0.2) is 5.65 Å². The molecule has 120 valence electrons. The van der Waals surface area contributed by atoms with E-state index in [9.17, 15) is 0 Å². The zero-order valence-corrected chi connectivity index (χ0v) is 13.4. The standard InChI is InChI=1S/C15H17ClN6O/c1-22-14-12(9-18-22)13(19-11-5-3-10(16)4-6-11)20-15(21-14)17-7-2-8-23/h3-6,9,23H,2,7-8H2,1H3,(H2,17,19,20,21). The fourth-order valence-corrected chi connectivity index (χ4v) is 2.27. The monoisotopic (exact) mass is 332 g/mol. The third-order valence-electron chi connectivity index (χ3n) is 3.32. The van der Waals surface area contributed by atoms with E-state index in [0.29, 0.717) is 29.8 Å². The van der Waals surface area contributed by atoms with Crippen molar-refractivity contribution in [1.29, 1.82) is 0 Å². The van der Waals surface area contributed by atoms with Gasteiger partial charge in [0.1, 0.15) is 5.82 Å². The van der Waals surface area contributed by atoms with E-state index >= 15 is 0 Å². The van der Waals surface area contributed by atoms with Crippen LogP contribution in [0.2, 0.25) is 5.02 Å². The van der Waals surface area contributed by atoms with E-state index in [2.05, 4.69) is 25.7 Å². The summed E-state index contributed by atoms with van der Waals surface area (Å²) in [6, 6.07) is 7.38. The van der Waals surface area contributed by atoms with E-state index in [-0.39, 0.29) is 6.61 Å². The minimum absolute atomic E-state index is 0.122. The number of aryl methyl sites for hydroxylation is 1. The van der Waals surface area contributed by atoms with Gasteiger partial charge < -0.3 is 15.7 Å². The van der Waals surface area contributed by atoms with Gasteiger partial charge in [-0.15, -0.1) is 0 Å². The third-order valence-corrected chi connectivity index (χ3v) is 3.57. The highest BCUT2D eigenvalue weighted by Crippen LogP contribution is 2.25. The number of halogens is 1. The maximum Gasteiger partial charge on any atom is 0.226 e. The van der Waals surface area contributed by atoms with Crippen LogP contribution in [0.4, 0.5) is 17.5 Å². The summed E-state index contributed by atoms with van der Waals surface area (Å²) in [6.45, 7) is 0.719. The first kappa shape index (κ1) is 15.5. The molecule has 0 aliphatic carbocycles. The van der Waals surface area contributed by atoms with E-state index in [1.807, 2.05) is 31.3 Å². The molecule has 0 atom stereocenters. The highest BCUT2D eigenvalue weighted by Gasteiger charge is 2.11. The zero-order valence-electron chi connectivity index (χ0n) is 12.6. The molecule has 0 aliphatic rings. The maximum absolute atomic E-state index is 8.88. The normalized spacial score (nSPS) is 10.9. The lowest BCUT2D eigenvalue weighted by Gasteiger charge is -2.10. The number of nitrogens with one attached hydrogen (secondary N) is 2. The van der Waals surface area contributed by atoms with Crippen LogP contribution in [0.3, 0.4) is 0 Å². The third kappa shape index (κ3) is 3.52. The minimum Gasteiger partial charge on any atom is -0.396 e. The molecule has 0 bridgehead atoms. The summed E-state index contributed by atoms with van der Waals surface area (Å²) in [5, 5.41) is 21.0. The average Bonchev–Trinajstić information content (AvgIpc) is 2.92. The van der Waals surface area contributed by atoms with Crippen molar-refractivity contribution in [3.63, 3.8) is 0 Å². The van der Waals surface area contributed by atoms with Crippen LogP contribution in [-0.4, -0.2) is 38.0 Å². The van der Waals surface area contributed by atoms with Crippen LogP contribution in [-0.2, 0) is 7.05 Å². The second-order valence-corrected chi connectivity index (χ2v) is 5.47. The Labute approximate surface area is 138 Å². The van der Waals surface area contributed by atoms with Crippen molar-refractivity contribution in [2.24, 2.45) is 7.05 Å². The molecule has 3 aromatic rings. The summed E-state index contributed by atoms with van der Waals surface area (Å²) in [5.41, 5.74) is 1.60. The number of aliphatic hydroxyl groups is 1. The SMILES string of the molecule is Cn1ncc2c(Nc3ccc(Cl)cc3)nc(NCCCO)nc21. The van der Waals surface area contributed by atoms with E-state index in [1.165, 1.54) is 0 Å². The molecule has 0 unspecified atom stereocenters. The van der Waals surface area contributed by atoms with Gasteiger partial charge in [-0.3, -0.25) is 4.68 Å². The quantitative estimate of drug-likeness (QED) is 0.601. The van der Waals surface area contributed by atoms with Gasteiger partial charge in [0.25, 0.3) is 0 Å². The zero-order chi connectivity index (χ0) is 16.2. The molecule has 0 amide bonds. The van der Waals surface area contributed by atoms with Crippen molar-refractivity contribution in [3.05, 3.63) is 35.5 Å². The molecule has 0 saturated carbocycles. The largest absolute Gasteiger partial charge is 0.396 e. The molecule has 3 N–H and O–H groups in total. The fourth-order valence-electron chi connectivity index (χ4n) is 2.15. The first-order valence-corrected chi connectivity index (χ1v) is 7.62. The van der Waals surface area contributed by atoms with Crippen LogP contribution in [0.15, 0.2) is 30.5 Å². The first-order valence-electron chi connectivity index (χ1n) is 7.24. The number of aliphatic hydroxyl groups excluding tert-OH is 1. The lowest BCUT2D eigenvalue weighted by Crippen LogP contribution is -2.09. The highest BCUT2D eigenvalue weighted by atomic mass is 35.5.